The average molecular weight is 291 g/mol. The maximum absolute atomic E-state index is 14.1. The fourth-order valence-electron chi connectivity index (χ4n) is 3.41. The zero-order valence-corrected chi connectivity index (χ0v) is 12.6. The second-order valence-electron chi connectivity index (χ2n) is 6.11. The summed E-state index contributed by atoms with van der Waals surface area (Å²) in [5.41, 5.74) is 0.565. The van der Waals surface area contributed by atoms with Crippen molar-refractivity contribution in [3.05, 3.63) is 35.6 Å². The Morgan fingerprint density at radius 1 is 1.33 bits per heavy atom. The van der Waals surface area contributed by atoms with Gasteiger partial charge < -0.3 is 9.80 Å². The van der Waals surface area contributed by atoms with Crippen molar-refractivity contribution >= 4 is 5.91 Å². The van der Waals surface area contributed by atoms with E-state index in [1.807, 2.05) is 11.0 Å². The first-order valence-corrected chi connectivity index (χ1v) is 7.57. The van der Waals surface area contributed by atoms with Crippen LogP contribution in [0.2, 0.25) is 0 Å². The maximum Gasteiger partial charge on any atom is 0.238 e. The van der Waals surface area contributed by atoms with Crippen LogP contribution in [-0.4, -0.2) is 47.9 Å². The maximum atomic E-state index is 14.1. The summed E-state index contributed by atoms with van der Waals surface area (Å²) in [4.78, 5) is 16.5. The number of hydrogen-bond acceptors (Lipinski definition) is 3. The average Bonchev–Trinajstić information content (AvgIpc) is 2.84. The third-order valence-electron chi connectivity index (χ3n) is 4.79. The molecule has 4 nitrogen and oxygen atoms in total. The van der Waals surface area contributed by atoms with E-state index in [-0.39, 0.29) is 23.9 Å². The molecular formula is C16H22FN3O. The standard InChI is InChI=1S/C16H22FN3O/c1-11-9-12(7-8-19(11)2)20-15(21)10-18-16(20)13-5-3-4-6-14(13)17/h3-6,11-12,16,18H,7-10H2,1-2H3. The van der Waals surface area contributed by atoms with Gasteiger partial charge in [0, 0.05) is 24.2 Å². The molecule has 2 saturated heterocycles. The third kappa shape index (κ3) is 2.68. The van der Waals surface area contributed by atoms with E-state index < -0.39 is 0 Å². The first kappa shape index (κ1) is 14.5. The Morgan fingerprint density at radius 3 is 2.81 bits per heavy atom. The molecule has 0 bridgehead atoms. The van der Waals surface area contributed by atoms with Crippen molar-refractivity contribution in [2.24, 2.45) is 0 Å². The van der Waals surface area contributed by atoms with Gasteiger partial charge in [0.05, 0.1) is 6.54 Å². The number of benzene rings is 1. The van der Waals surface area contributed by atoms with Crippen LogP contribution in [0, 0.1) is 5.82 Å². The molecule has 1 aromatic rings. The Hall–Kier alpha value is -1.46. The van der Waals surface area contributed by atoms with E-state index in [2.05, 4.69) is 24.2 Å². The summed E-state index contributed by atoms with van der Waals surface area (Å²) in [5, 5.41) is 3.16. The molecule has 0 aromatic heterocycles. The molecule has 0 saturated carbocycles. The highest BCUT2D eigenvalue weighted by molar-refractivity contribution is 5.81. The van der Waals surface area contributed by atoms with Crippen molar-refractivity contribution in [3.8, 4) is 0 Å². The summed E-state index contributed by atoms with van der Waals surface area (Å²) in [6, 6.07) is 7.34. The monoisotopic (exact) mass is 291 g/mol. The van der Waals surface area contributed by atoms with E-state index in [0.29, 0.717) is 18.2 Å². The molecule has 0 spiro atoms. The number of amides is 1. The number of nitrogens with zero attached hydrogens (tertiary/aromatic N) is 2. The van der Waals surface area contributed by atoms with E-state index in [9.17, 15) is 9.18 Å². The van der Waals surface area contributed by atoms with Crippen LogP contribution in [0.4, 0.5) is 4.39 Å². The normalized spacial score (nSPS) is 30.9. The number of halogens is 1. The molecule has 0 aliphatic carbocycles. The second kappa shape index (κ2) is 5.73. The number of hydrogen-bond donors (Lipinski definition) is 1. The highest BCUT2D eigenvalue weighted by Crippen LogP contribution is 2.31. The first-order chi connectivity index (χ1) is 10.1. The molecular weight excluding hydrogens is 269 g/mol. The molecule has 2 aliphatic heterocycles. The highest BCUT2D eigenvalue weighted by Gasteiger charge is 2.39. The smallest absolute Gasteiger partial charge is 0.238 e. The van der Waals surface area contributed by atoms with Crippen LogP contribution < -0.4 is 5.32 Å². The fraction of sp³-hybridized carbons (Fsp3) is 0.562. The van der Waals surface area contributed by atoms with Gasteiger partial charge in [0.2, 0.25) is 5.91 Å². The highest BCUT2D eigenvalue weighted by atomic mass is 19.1. The molecule has 21 heavy (non-hydrogen) atoms. The SMILES string of the molecule is CC1CC(N2C(=O)CNC2c2ccccc2F)CCN1C. The van der Waals surface area contributed by atoms with Gasteiger partial charge in [-0.1, -0.05) is 18.2 Å². The number of carbonyl (C=O) groups excluding carboxylic acids is 1. The number of rotatable bonds is 2. The van der Waals surface area contributed by atoms with E-state index in [1.165, 1.54) is 6.07 Å². The Balaban J connectivity index is 1.85. The summed E-state index contributed by atoms with van der Waals surface area (Å²) in [5.74, 6) is -0.180. The molecule has 1 N–H and O–H groups in total. The summed E-state index contributed by atoms with van der Waals surface area (Å²) in [6.07, 6.45) is 1.55. The molecule has 1 aromatic carbocycles. The summed E-state index contributed by atoms with van der Waals surface area (Å²) in [6.45, 7) is 3.44. The van der Waals surface area contributed by atoms with Gasteiger partial charge in [0.25, 0.3) is 0 Å². The van der Waals surface area contributed by atoms with E-state index in [0.717, 1.165) is 19.4 Å². The summed E-state index contributed by atoms with van der Waals surface area (Å²) in [7, 11) is 2.11. The first-order valence-electron chi connectivity index (χ1n) is 7.57. The molecule has 0 radical (unpaired) electrons. The van der Waals surface area contributed by atoms with Crippen molar-refractivity contribution in [1.82, 2.24) is 15.1 Å². The summed E-state index contributed by atoms with van der Waals surface area (Å²) < 4.78 is 14.1. The topological polar surface area (TPSA) is 35.6 Å². The predicted octanol–water partition coefficient (Wildman–Crippen LogP) is 1.74. The van der Waals surface area contributed by atoms with Crippen LogP contribution in [0.1, 0.15) is 31.5 Å². The largest absolute Gasteiger partial charge is 0.319 e. The molecule has 3 unspecified atom stereocenters. The van der Waals surface area contributed by atoms with Crippen LogP contribution in [-0.2, 0) is 4.79 Å². The zero-order valence-electron chi connectivity index (χ0n) is 12.6. The zero-order chi connectivity index (χ0) is 15.0. The van der Waals surface area contributed by atoms with Gasteiger partial charge in [0.1, 0.15) is 12.0 Å². The van der Waals surface area contributed by atoms with Crippen LogP contribution in [0.3, 0.4) is 0 Å². The van der Waals surface area contributed by atoms with Crippen LogP contribution >= 0.6 is 0 Å². The van der Waals surface area contributed by atoms with Crippen LogP contribution in [0.25, 0.3) is 0 Å². The minimum absolute atomic E-state index is 0.0741. The van der Waals surface area contributed by atoms with Gasteiger partial charge in [-0.15, -0.1) is 0 Å². The van der Waals surface area contributed by atoms with Crippen molar-refractivity contribution in [3.63, 3.8) is 0 Å². The number of likely N-dealkylation sites (tertiary alicyclic amines) is 1. The lowest BCUT2D eigenvalue weighted by Crippen LogP contribution is -2.49. The van der Waals surface area contributed by atoms with Crippen molar-refractivity contribution in [1.29, 1.82) is 0 Å². The quantitative estimate of drug-likeness (QED) is 0.901. The molecule has 2 heterocycles. The molecule has 114 valence electrons. The van der Waals surface area contributed by atoms with Crippen molar-refractivity contribution in [2.45, 2.75) is 38.0 Å². The van der Waals surface area contributed by atoms with Crippen LogP contribution in [0.15, 0.2) is 24.3 Å². The second-order valence-corrected chi connectivity index (χ2v) is 6.11. The Morgan fingerprint density at radius 2 is 2.10 bits per heavy atom. The predicted molar refractivity (Wildman–Crippen MR) is 79.1 cm³/mol. The number of nitrogens with one attached hydrogen (secondary N) is 1. The molecule has 3 rings (SSSR count). The summed E-state index contributed by atoms with van der Waals surface area (Å²) >= 11 is 0. The lowest BCUT2D eigenvalue weighted by Gasteiger charge is -2.41. The number of piperidine rings is 1. The molecule has 2 fully saturated rings. The van der Waals surface area contributed by atoms with E-state index in [1.54, 1.807) is 12.1 Å². The van der Waals surface area contributed by atoms with Crippen LogP contribution in [0.5, 0.6) is 0 Å². The van der Waals surface area contributed by atoms with Gasteiger partial charge in [-0.05, 0) is 32.9 Å². The lowest BCUT2D eigenvalue weighted by molar-refractivity contribution is -0.131. The van der Waals surface area contributed by atoms with E-state index >= 15 is 0 Å². The Kier molecular flexibility index (Phi) is 3.95. The molecule has 3 atom stereocenters. The minimum atomic E-state index is -0.334. The van der Waals surface area contributed by atoms with Gasteiger partial charge in [-0.25, -0.2) is 4.39 Å². The van der Waals surface area contributed by atoms with E-state index in [4.69, 9.17) is 0 Å². The van der Waals surface area contributed by atoms with Gasteiger partial charge in [0.15, 0.2) is 0 Å². The van der Waals surface area contributed by atoms with Gasteiger partial charge >= 0.3 is 0 Å². The van der Waals surface area contributed by atoms with Crippen molar-refractivity contribution in [2.75, 3.05) is 20.1 Å². The molecule has 2 aliphatic rings. The molecule has 1 amide bonds. The molecule has 5 heteroatoms. The third-order valence-corrected chi connectivity index (χ3v) is 4.79. The fourth-order valence-corrected chi connectivity index (χ4v) is 3.41. The number of carbonyl (C=O) groups is 1. The minimum Gasteiger partial charge on any atom is -0.319 e. The van der Waals surface area contributed by atoms with Gasteiger partial charge in [-0.3, -0.25) is 10.1 Å². The lowest BCUT2D eigenvalue weighted by atomic mass is 9.96. The Labute approximate surface area is 124 Å². The van der Waals surface area contributed by atoms with Gasteiger partial charge in [-0.2, -0.15) is 0 Å². The Bertz CT molecular complexity index is 536. The van der Waals surface area contributed by atoms with Crippen molar-refractivity contribution < 1.29 is 9.18 Å².